The first-order valence-electron chi connectivity index (χ1n) is 9.29. The van der Waals surface area contributed by atoms with Crippen LogP contribution in [-0.4, -0.2) is 15.5 Å². The predicted molar refractivity (Wildman–Crippen MR) is 106 cm³/mol. The SMILES string of the molecule is O=C1Nc2c(C(F)(F)F)cccc2[C@]12Nc1ccccc1-c1nc3ccccc3n12. The minimum atomic E-state index is -4.60. The lowest BCUT2D eigenvalue weighted by Gasteiger charge is -2.37. The summed E-state index contributed by atoms with van der Waals surface area (Å²) in [5.41, 5.74) is 0.210. The van der Waals surface area contributed by atoms with E-state index >= 15 is 0 Å². The van der Waals surface area contributed by atoms with Gasteiger partial charge in [0.2, 0.25) is 5.66 Å². The van der Waals surface area contributed by atoms with Crippen molar-refractivity contribution in [2.45, 2.75) is 11.8 Å². The monoisotopic (exact) mass is 406 g/mol. The van der Waals surface area contributed by atoms with E-state index in [0.717, 1.165) is 11.6 Å². The van der Waals surface area contributed by atoms with Gasteiger partial charge in [-0.25, -0.2) is 4.98 Å². The van der Waals surface area contributed by atoms with Gasteiger partial charge in [0.15, 0.2) is 0 Å². The third-order valence-corrected chi connectivity index (χ3v) is 5.71. The number of nitrogens with one attached hydrogen (secondary N) is 2. The fourth-order valence-corrected chi connectivity index (χ4v) is 4.48. The summed E-state index contributed by atoms with van der Waals surface area (Å²) in [6, 6.07) is 18.4. The van der Waals surface area contributed by atoms with Crippen LogP contribution in [-0.2, 0) is 16.6 Å². The smallest absolute Gasteiger partial charge is 0.350 e. The molecule has 1 aromatic heterocycles. The zero-order chi connectivity index (χ0) is 20.7. The molecule has 1 atom stereocenters. The zero-order valence-corrected chi connectivity index (χ0v) is 15.3. The maximum absolute atomic E-state index is 13.7. The highest BCUT2D eigenvalue weighted by atomic mass is 19.4. The Balaban J connectivity index is 1.76. The van der Waals surface area contributed by atoms with E-state index < -0.39 is 23.3 Å². The minimum absolute atomic E-state index is 0.209. The molecule has 3 heterocycles. The van der Waals surface area contributed by atoms with Crippen molar-refractivity contribution in [2.24, 2.45) is 0 Å². The number of nitrogens with zero attached hydrogens (tertiary/aromatic N) is 2. The van der Waals surface area contributed by atoms with E-state index in [1.54, 1.807) is 22.8 Å². The Morgan fingerprint density at radius 2 is 1.70 bits per heavy atom. The predicted octanol–water partition coefficient (Wildman–Crippen LogP) is 4.80. The lowest BCUT2D eigenvalue weighted by atomic mass is 9.94. The molecule has 2 aliphatic rings. The third-order valence-electron chi connectivity index (χ3n) is 5.71. The second kappa shape index (κ2) is 5.41. The molecule has 0 fully saturated rings. The average molecular weight is 406 g/mol. The summed E-state index contributed by atoms with van der Waals surface area (Å²) < 4.78 is 42.7. The highest BCUT2D eigenvalue weighted by Gasteiger charge is 2.55. The fourth-order valence-electron chi connectivity index (χ4n) is 4.48. The molecule has 0 radical (unpaired) electrons. The van der Waals surface area contributed by atoms with Gasteiger partial charge in [0.05, 0.1) is 22.3 Å². The number of carbonyl (C=O) groups excluding carboxylic acids is 1. The molecule has 3 aromatic carbocycles. The van der Waals surface area contributed by atoms with E-state index in [0.29, 0.717) is 22.5 Å². The standard InChI is InChI=1S/C22H13F3N4O/c23-22(24,25)14-8-5-7-13-18(14)27-20(30)21(13)28-15-9-2-1-6-12(15)19-26-16-10-3-4-11-17(16)29(19)21/h1-11,28H,(H,27,30)/t21-/m1/s1. The van der Waals surface area contributed by atoms with E-state index in [1.807, 2.05) is 36.4 Å². The molecular formula is C22H13F3N4O. The lowest BCUT2D eigenvalue weighted by Crippen LogP contribution is -2.50. The van der Waals surface area contributed by atoms with E-state index in [4.69, 9.17) is 4.98 Å². The number of anilines is 2. The topological polar surface area (TPSA) is 59.0 Å². The van der Waals surface area contributed by atoms with Crippen molar-refractivity contribution in [3.05, 3.63) is 77.9 Å². The number of amides is 1. The molecule has 0 unspecified atom stereocenters. The molecule has 0 bridgehead atoms. The third kappa shape index (κ3) is 1.97. The van der Waals surface area contributed by atoms with Crippen LogP contribution in [0, 0.1) is 0 Å². The molecule has 2 aliphatic heterocycles. The Morgan fingerprint density at radius 3 is 2.53 bits per heavy atom. The van der Waals surface area contributed by atoms with Gasteiger partial charge in [0.25, 0.3) is 5.91 Å². The van der Waals surface area contributed by atoms with Gasteiger partial charge in [0, 0.05) is 16.8 Å². The van der Waals surface area contributed by atoms with Crippen molar-refractivity contribution in [3.63, 3.8) is 0 Å². The number of alkyl halides is 3. The number of imidazole rings is 1. The van der Waals surface area contributed by atoms with Gasteiger partial charge < -0.3 is 10.6 Å². The number of halogens is 3. The van der Waals surface area contributed by atoms with Crippen LogP contribution in [0.2, 0.25) is 0 Å². The summed E-state index contributed by atoms with van der Waals surface area (Å²) in [6.45, 7) is 0. The summed E-state index contributed by atoms with van der Waals surface area (Å²) in [4.78, 5) is 18.1. The zero-order valence-electron chi connectivity index (χ0n) is 15.3. The number of rotatable bonds is 0. The molecule has 5 nitrogen and oxygen atoms in total. The van der Waals surface area contributed by atoms with Gasteiger partial charge in [-0.05, 0) is 30.3 Å². The van der Waals surface area contributed by atoms with Crippen LogP contribution in [0.5, 0.6) is 0 Å². The summed E-state index contributed by atoms with van der Waals surface area (Å²) in [7, 11) is 0. The quantitative estimate of drug-likeness (QED) is 0.441. The van der Waals surface area contributed by atoms with Gasteiger partial charge in [-0.2, -0.15) is 13.2 Å². The molecule has 8 heteroatoms. The number of hydrogen-bond donors (Lipinski definition) is 2. The van der Waals surface area contributed by atoms with Crippen molar-refractivity contribution in [2.75, 3.05) is 10.6 Å². The average Bonchev–Trinajstić information content (AvgIpc) is 3.24. The second-order valence-corrected chi connectivity index (χ2v) is 7.32. The largest absolute Gasteiger partial charge is 0.418 e. The van der Waals surface area contributed by atoms with Crippen LogP contribution < -0.4 is 10.6 Å². The minimum Gasteiger partial charge on any atom is -0.350 e. The number of benzene rings is 3. The van der Waals surface area contributed by atoms with Crippen LogP contribution in [0.25, 0.3) is 22.4 Å². The summed E-state index contributed by atoms with van der Waals surface area (Å²) in [5, 5.41) is 5.72. The molecule has 6 rings (SSSR count). The van der Waals surface area contributed by atoms with Crippen LogP contribution >= 0.6 is 0 Å². The van der Waals surface area contributed by atoms with Crippen molar-refractivity contribution in [3.8, 4) is 11.4 Å². The molecular weight excluding hydrogens is 393 g/mol. The van der Waals surface area contributed by atoms with Crippen molar-refractivity contribution < 1.29 is 18.0 Å². The Hall–Kier alpha value is -3.81. The number of carbonyl (C=O) groups is 1. The van der Waals surface area contributed by atoms with Gasteiger partial charge in [-0.1, -0.05) is 36.4 Å². The van der Waals surface area contributed by atoms with Gasteiger partial charge >= 0.3 is 6.18 Å². The molecule has 148 valence electrons. The van der Waals surface area contributed by atoms with Crippen LogP contribution in [0.15, 0.2) is 66.7 Å². The fraction of sp³-hybridized carbons (Fsp3) is 0.0909. The number of hydrogen-bond acceptors (Lipinski definition) is 3. The summed E-state index contributed by atoms with van der Waals surface area (Å²) in [6.07, 6.45) is -4.60. The van der Waals surface area contributed by atoms with Crippen LogP contribution in [0.1, 0.15) is 11.1 Å². The number of aromatic nitrogens is 2. The molecule has 1 amide bonds. The number of para-hydroxylation sites is 4. The van der Waals surface area contributed by atoms with Crippen LogP contribution in [0.3, 0.4) is 0 Å². The molecule has 30 heavy (non-hydrogen) atoms. The maximum Gasteiger partial charge on any atom is 0.418 e. The highest BCUT2D eigenvalue weighted by molar-refractivity contribution is 6.11. The van der Waals surface area contributed by atoms with E-state index in [9.17, 15) is 18.0 Å². The Labute approximate surface area is 168 Å². The van der Waals surface area contributed by atoms with Crippen LogP contribution in [0.4, 0.5) is 24.5 Å². The van der Waals surface area contributed by atoms with Gasteiger partial charge in [-0.15, -0.1) is 0 Å². The normalized spacial score (nSPS) is 19.2. The van der Waals surface area contributed by atoms with E-state index in [-0.39, 0.29) is 11.3 Å². The van der Waals surface area contributed by atoms with Gasteiger partial charge in [-0.3, -0.25) is 9.36 Å². The molecule has 0 saturated carbocycles. The Kier molecular flexibility index (Phi) is 3.08. The van der Waals surface area contributed by atoms with Crippen molar-refractivity contribution in [1.82, 2.24) is 9.55 Å². The number of fused-ring (bicyclic) bond motifs is 8. The summed E-state index contributed by atoms with van der Waals surface area (Å²) in [5.74, 6) is -0.0703. The molecule has 1 spiro atoms. The molecule has 4 aromatic rings. The van der Waals surface area contributed by atoms with Crippen molar-refractivity contribution >= 4 is 28.3 Å². The summed E-state index contributed by atoms with van der Waals surface area (Å²) >= 11 is 0. The Morgan fingerprint density at radius 1 is 0.933 bits per heavy atom. The van der Waals surface area contributed by atoms with E-state index in [1.165, 1.54) is 6.07 Å². The Bertz CT molecular complexity index is 1370. The van der Waals surface area contributed by atoms with E-state index in [2.05, 4.69) is 10.6 Å². The second-order valence-electron chi connectivity index (χ2n) is 7.32. The lowest BCUT2D eigenvalue weighted by molar-refractivity contribution is -0.136. The first kappa shape index (κ1) is 17.1. The molecule has 2 N–H and O–H groups in total. The molecule has 0 aliphatic carbocycles. The first-order valence-corrected chi connectivity index (χ1v) is 9.29. The van der Waals surface area contributed by atoms with Crippen molar-refractivity contribution in [1.29, 1.82) is 0 Å². The highest BCUT2D eigenvalue weighted by Crippen LogP contribution is 2.51. The maximum atomic E-state index is 13.7. The first-order chi connectivity index (χ1) is 14.4. The molecule has 0 saturated heterocycles. The van der Waals surface area contributed by atoms with Gasteiger partial charge in [0.1, 0.15) is 5.82 Å².